The van der Waals surface area contributed by atoms with Crippen molar-refractivity contribution < 1.29 is 5.11 Å². The molecule has 1 rings (SSSR count). The van der Waals surface area contributed by atoms with Crippen molar-refractivity contribution in [2.45, 2.75) is 30.6 Å². The van der Waals surface area contributed by atoms with Crippen LogP contribution in [-0.2, 0) is 0 Å². The number of aliphatic hydroxyl groups is 1. The first-order valence-electron chi connectivity index (χ1n) is 3.44. The third-order valence-corrected chi connectivity index (χ3v) is 3.35. The van der Waals surface area contributed by atoms with Crippen molar-refractivity contribution in [3.63, 3.8) is 0 Å². The van der Waals surface area contributed by atoms with Gasteiger partial charge in [0.15, 0.2) is 5.60 Å². The number of nitriles is 1. The number of thioether (sulfide) groups is 1. The van der Waals surface area contributed by atoms with Crippen LogP contribution in [0.5, 0.6) is 0 Å². The Morgan fingerprint density at radius 3 is 2.90 bits per heavy atom. The normalized spacial score (nSPS) is 40.7. The Morgan fingerprint density at radius 1 is 1.80 bits per heavy atom. The largest absolute Gasteiger partial charge is 0.374 e. The van der Waals surface area contributed by atoms with Crippen LogP contribution in [0.25, 0.3) is 0 Å². The number of hydrogen-bond donors (Lipinski definition) is 1. The molecule has 1 heterocycles. The summed E-state index contributed by atoms with van der Waals surface area (Å²) in [5.41, 5.74) is -1.05. The van der Waals surface area contributed by atoms with Crippen LogP contribution in [-0.4, -0.2) is 21.7 Å². The van der Waals surface area contributed by atoms with Crippen LogP contribution in [0.1, 0.15) is 19.8 Å². The highest BCUT2D eigenvalue weighted by atomic mass is 32.2. The highest BCUT2D eigenvalue weighted by Gasteiger charge is 2.36. The van der Waals surface area contributed by atoms with Gasteiger partial charge in [0, 0.05) is 5.25 Å². The van der Waals surface area contributed by atoms with Crippen molar-refractivity contribution in [1.29, 1.82) is 5.26 Å². The van der Waals surface area contributed by atoms with E-state index in [0.29, 0.717) is 6.42 Å². The Kier molecular flexibility index (Phi) is 2.22. The van der Waals surface area contributed by atoms with Gasteiger partial charge in [-0.15, -0.1) is 0 Å². The van der Waals surface area contributed by atoms with Crippen LogP contribution in [0.15, 0.2) is 0 Å². The molecule has 3 heteroatoms. The third kappa shape index (κ3) is 1.28. The molecule has 0 saturated carbocycles. The fourth-order valence-electron chi connectivity index (χ4n) is 1.09. The summed E-state index contributed by atoms with van der Waals surface area (Å²) in [7, 11) is 0. The van der Waals surface area contributed by atoms with Crippen molar-refractivity contribution in [3.05, 3.63) is 0 Å². The Bertz CT molecular complexity index is 165. The van der Waals surface area contributed by atoms with Gasteiger partial charge in [-0.05, 0) is 25.5 Å². The van der Waals surface area contributed by atoms with Gasteiger partial charge >= 0.3 is 0 Å². The van der Waals surface area contributed by atoms with Crippen LogP contribution in [0.2, 0.25) is 0 Å². The lowest BCUT2D eigenvalue weighted by atomic mass is 9.96. The van der Waals surface area contributed by atoms with E-state index in [9.17, 15) is 5.11 Å². The molecule has 0 aromatic carbocycles. The van der Waals surface area contributed by atoms with Gasteiger partial charge in [-0.2, -0.15) is 17.0 Å². The van der Waals surface area contributed by atoms with Gasteiger partial charge in [-0.25, -0.2) is 0 Å². The van der Waals surface area contributed by atoms with Gasteiger partial charge in [0.1, 0.15) is 0 Å². The van der Waals surface area contributed by atoms with E-state index >= 15 is 0 Å². The Balaban J connectivity index is 2.65. The first-order valence-corrected chi connectivity index (χ1v) is 4.49. The van der Waals surface area contributed by atoms with Gasteiger partial charge in [-0.1, -0.05) is 0 Å². The minimum atomic E-state index is -1.05. The van der Waals surface area contributed by atoms with E-state index in [4.69, 9.17) is 5.26 Å². The molecule has 0 aliphatic carbocycles. The SMILES string of the molecule is CC1SCCCC1(O)C#N. The lowest BCUT2D eigenvalue weighted by Gasteiger charge is -2.31. The summed E-state index contributed by atoms with van der Waals surface area (Å²) in [5.74, 6) is 1.07. The average molecular weight is 157 g/mol. The van der Waals surface area contributed by atoms with Crippen LogP contribution >= 0.6 is 11.8 Å². The van der Waals surface area contributed by atoms with E-state index in [1.54, 1.807) is 11.8 Å². The summed E-state index contributed by atoms with van der Waals surface area (Å²) >= 11 is 1.68. The maximum Gasteiger partial charge on any atom is 0.162 e. The molecule has 1 aliphatic heterocycles. The number of rotatable bonds is 0. The molecule has 1 N–H and O–H groups in total. The second-order valence-corrected chi connectivity index (χ2v) is 4.10. The molecule has 2 nitrogen and oxygen atoms in total. The van der Waals surface area contributed by atoms with Crippen LogP contribution in [0, 0.1) is 11.3 Å². The molecule has 1 fully saturated rings. The molecule has 0 bridgehead atoms. The second kappa shape index (κ2) is 2.81. The quantitative estimate of drug-likeness (QED) is 0.536. The first kappa shape index (κ1) is 7.90. The first-order chi connectivity index (χ1) is 4.69. The summed E-state index contributed by atoms with van der Waals surface area (Å²) in [6.07, 6.45) is 1.59. The molecular weight excluding hydrogens is 146 g/mol. The lowest BCUT2D eigenvalue weighted by molar-refractivity contribution is 0.0870. The maximum atomic E-state index is 9.57. The van der Waals surface area contributed by atoms with Crippen LogP contribution in [0.3, 0.4) is 0 Å². The zero-order valence-corrected chi connectivity index (χ0v) is 6.82. The van der Waals surface area contributed by atoms with E-state index in [1.807, 2.05) is 13.0 Å². The Morgan fingerprint density at radius 2 is 2.50 bits per heavy atom. The lowest BCUT2D eigenvalue weighted by Crippen LogP contribution is -2.39. The number of hydrogen-bond acceptors (Lipinski definition) is 3. The van der Waals surface area contributed by atoms with Crippen molar-refractivity contribution in [2.75, 3.05) is 5.75 Å². The van der Waals surface area contributed by atoms with E-state index in [2.05, 4.69) is 0 Å². The Labute approximate surface area is 65.2 Å². The molecule has 10 heavy (non-hydrogen) atoms. The maximum absolute atomic E-state index is 9.57. The van der Waals surface area contributed by atoms with Gasteiger partial charge in [0.2, 0.25) is 0 Å². The monoisotopic (exact) mass is 157 g/mol. The molecule has 0 aromatic rings. The molecular formula is C7H11NOS. The fraction of sp³-hybridized carbons (Fsp3) is 0.857. The molecule has 0 spiro atoms. The van der Waals surface area contributed by atoms with Crippen molar-refractivity contribution in [2.24, 2.45) is 0 Å². The van der Waals surface area contributed by atoms with Gasteiger partial charge in [0.05, 0.1) is 6.07 Å². The number of nitrogens with zero attached hydrogens (tertiary/aromatic N) is 1. The second-order valence-electron chi connectivity index (χ2n) is 2.65. The third-order valence-electron chi connectivity index (χ3n) is 1.94. The molecule has 56 valence electrons. The van der Waals surface area contributed by atoms with Crippen LogP contribution in [0.4, 0.5) is 0 Å². The highest BCUT2D eigenvalue weighted by molar-refractivity contribution is 8.00. The average Bonchev–Trinajstić information content (AvgIpc) is 1.96. The van der Waals surface area contributed by atoms with E-state index in [-0.39, 0.29) is 5.25 Å². The Hall–Kier alpha value is -0.200. The van der Waals surface area contributed by atoms with Gasteiger partial charge < -0.3 is 5.11 Å². The van der Waals surface area contributed by atoms with E-state index < -0.39 is 5.60 Å². The zero-order chi connectivity index (χ0) is 7.61. The van der Waals surface area contributed by atoms with E-state index in [1.165, 1.54) is 0 Å². The standard InChI is InChI=1S/C7H11NOS/c1-6-7(9,5-8)3-2-4-10-6/h6,9H,2-4H2,1H3. The fourth-order valence-corrected chi connectivity index (χ4v) is 2.20. The molecule has 0 radical (unpaired) electrons. The molecule has 1 saturated heterocycles. The summed E-state index contributed by atoms with van der Waals surface area (Å²) in [4.78, 5) is 0. The van der Waals surface area contributed by atoms with Crippen molar-refractivity contribution >= 4 is 11.8 Å². The highest BCUT2D eigenvalue weighted by Crippen LogP contribution is 2.32. The van der Waals surface area contributed by atoms with Crippen molar-refractivity contribution in [1.82, 2.24) is 0 Å². The molecule has 2 atom stereocenters. The summed E-state index contributed by atoms with van der Waals surface area (Å²) < 4.78 is 0. The van der Waals surface area contributed by atoms with Gasteiger partial charge in [-0.3, -0.25) is 0 Å². The van der Waals surface area contributed by atoms with Crippen LogP contribution < -0.4 is 0 Å². The minimum absolute atomic E-state index is 0.0752. The molecule has 2 unspecified atom stereocenters. The zero-order valence-electron chi connectivity index (χ0n) is 6.00. The predicted molar refractivity (Wildman–Crippen MR) is 41.7 cm³/mol. The smallest absolute Gasteiger partial charge is 0.162 e. The predicted octanol–water partition coefficient (Wildman–Crippen LogP) is 1.16. The summed E-state index contributed by atoms with van der Waals surface area (Å²) in [5, 5.41) is 18.2. The molecule has 0 aromatic heterocycles. The topological polar surface area (TPSA) is 44.0 Å². The van der Waals surface area contributed by atoms with Gasteiger partial charge in [0.25, 0.3) is 0 Å². The summed E-state index contributed by atoms with van der Waals surface area (Å²) in [6, 6.07) is 1.96. The van der Waals surface area contributed by atoms with E-state index in [0.717, 1.165) is 12.2 Å². The summed E-state index contributed by atoms with van der Waals surface area (Å²) in [6.45, 7) is 1.91. The van der Waals surface area contributed by atoms with Crippen molar-refractivity contribution in [3.8, 4) is 6.07 Å². The molecule has 0 amide bonds. The minimum Gasteiger partial charge on any atom is -0.374 e. The molecule has 1 aliphatic rings.